The first-order chi connectivity index (χ1) is 16.1. The molecule has 1 saturated heterocycles. The van der Waals surface area contributed by atoms with E-state index in [1.54, 1.807) is 11.3 Å². The van der Waals surface area contributed by atoms with Crippen molar-refractivity contribution in [3.8, 4) is 0 Å². The van der Waals surface area contributed by atoms with E-state index in [4.69, 9.17) is 9.72 Å². The summed E-state index contributed by atoms with van der Waals surface area (Å²) in [4.78, 5) is 23.1. The first kappa shape index (κ1) is 22.0. The number of carbonyl (C=O) groups is 1. The smallest absolute Gasteiger partial charge is 0.260 e. The van der Waals surface area contributed by atoms with Crippen LogP contribution in [-0.2, 0) is 4.74 Å². The van der Waals surface area contributed by atoms with Crippen molar-refractivity contribution in [2.75, 3.05) is 44.3 Å². The van der Waals surface area contributed by atoms with Crippen LogP contribution in [0.1, 0.15) is 27.9 Å². The lowest BCUT2D eigenvalue weighted by Crippen LogP contribution is -2.39. The van der Waals surface area contributed by atoms with Gasteiger partial charge in [0.25, 0.3) is 5.91 Å². The third-order valence-corrected chi connectivity index (χ3v) is 7.49. The highest BCUT2D eigenvalue weighted by molar-refractivity contribution is 7.22. The summed E-state index contributed by atoms with van der Waals surface area (Å²) in [6.45, 7) is 9.30. The highest BCUT2D eigenvalue weighted by Crippen LogP contribution is 2.32. The van der Waals surface area contributed by atoms with Gasteiger partial charge in [0.05, 0.1) is 23.4 Å². The number of hydrogen-bond acceptors (Lipinski definition) is 5. The molecule has 0 spiro atoms. The predicted molar refractivity (Wildman–Crippen MR) is 137 cm³/mol. The van der Waals surface area contributed by atoms with Crippen LogP contribution < -0.4 is 4.90 Å². The molecule has 1 amide bonds. The minimum Gasteiger partial charge on any atom is -0.379 e. The zero-order chi connectivity index (χ0) is 22.8. The van der Waals surface area contributed by atoms with Gasteiger partial charge in [0.2, 0.25) is 0 Å². The second kappa shape index (κ2) is 9.59. The molecular formula is C27H29N3O2S. The van der Waals surface area contributed by atoms with Crippen molar-refractivity contribution in [3.05, 3.63) is 71.3 Å². The van der Waals surface area contributed by atoms with Gasteiger partial charge in [0.1, 0.15) is 0 Å². The van der Waals surface area contributed by atoms with Gasteiger partial charge in [-0.15, -0.1) is 0 Å². The van der Waals surface area contributed by atoms with Crippen molar-refractivity contribution in [1.82, 2.24) is 9.88 Å². The summed E-state index contributed by atoms with van der Waals surface area (Å²) in [5, 5.41) is 2.83. The third kappa shape index (κ3) is 4.64. The van der Waals surface area contributed by atoms with Gasteiger partial charge in [-0.25, -0.2) is 4.98 Å². The fourth-order valence-corrected chi connectivity index (χ4v) is 5.47. The van der Waals surface area contributed by atoms with Gasteiger partial charge in [-0.2, -0.15) is 0 Å². The molecule has 4 aromatic rings. The minimum absolute atomic E-state index is 0.0151. The summed E-state index contributed by atoms with van der Waals surface area (Å²) in [5.74, 6) is 0.0151. The van der Waals surface area contributed by atoms with Crippen LogP contribution >= 0.6 is 11.3 Å². The average Bonchev–Trinajstić information content (AvgIpc) is 3.24. The van der Waals surface area contributed by atoms with Crippen LogP contribution in [0, 0.1) is 13.8 Å². The lowest BCUT2D eigenvalue weighted by atomic mass is 10.0. The fraction of sp³-hybridized carbons (Fsp3) is 0.333. The van der Waals surface area contributed by atoms with Crippen molar-refractivity contribution in [1.29, 1.82) is 0 Å². The molecule has 0 radical (unpaired) electrons. The molecule has 3 aromatic carbocycles. The number of fused-ring (bicyclic) bond motifs is 2. The van der Waals surface area contributed by atoms with Gasteiger partial charge in [0, 0.05) is 31.7 Å². The van der Waals surface area contributed by atoms with E-state index >= 15 is 0 Å². The highest BCUT2D eigenvalue weighted by atomic mass is 32.1. The maximum absolute atomic E-state index is 13.9. The SMILES string of the molecule is Cc1cc2nc(N(CCCN3CCOCC3)C(=O)c3cccc4ccccc34)sc2cc1C. The first-order valence-corrected chi connectivity index (χ1v) is 12.4. The number of nitrogens with zero attached hydrogens (tertiary/aromatic N) is 3. The van der Waals surface area contributed by atoms with Gasteiger partial charge in [-0.3, -0.25) is 14.6 Å². The van der Waals surface area contributed by atoms with Crippen molar-refractivity contribution in [2.24, 2.45) is 0 Å². The molecule has 1 aliphatic heterocycles. The molecule has 1 aliphatic rings. The molecule has 170 valence electrons. The number of anilines is 1. The molecule has 0 unspecified atom stereocenters. The van der Waals surface area contributed by atoms with Gasteiger partial charge in [0.15, 0.2) is 5.13 Å². The summed E-state index contributed by atoms with van der Waals surface area (Å²) >= 11 is 1.60. The van der Waals surface area contributed by atoms with E-state index in [1.807, 2.05) is 35.2 Å². The second-order valence-corrected chi connectivity index (χ2v) is 9.70. The van der Waals surface area contributed by atoms with Crippen LogP contribution in [-0.4, -0.2) is 55.2 Å². The van der Waals surface area contributed by atoms with E-state index in [0.29, 0.717) is 6.54 Å². The summed E-state index contributed by atoms with van der Waals surface area (Å²) < 4.78 is 6.59. The third-order valence-electron chi connectivity index (χ3n) is 6.45. The van der Waals surface area contributed by atoms with Gasteiger partial charge < -0.3 is 4.74 Å². The molecule has 1 fully saturated rings. The summed E-state index contributed by atoms with van der Waals surface area (Å²) in [6, 6.07) is 18.3. The molecule has 2 heterocycles. The number of rotatable bonds is 6. The molecule has 0 N–H and O–H groups in total. The van der Waals surface area contributed by atoms with Crippen molar-refractivity contribution in [2.45, 2.75) is 20.3 Å². The van der Waals surface area contributed by atoms with E-state index < -0.39 is 0 Å². The Hall–Kier alpha value is -2.80. The summed E-state index contributed by atoms with van der Waals surface area (Å²) in [6.07, 6.45) is 0.893. The Morgan fingerprint density at radius 2 is 1.82 bits per heavy atom. The Morgan fingerprint density at radius 3 is 2.67 bits per heavy atom. The lowest BCUT2D eigenvalue weighted by molar-refractivity contribution is 0.0376. The molecular weight excluding hydrogens is 430 g/mol. The number of hydrogen-bond donors (Lipinski definition) is 0. The summed E-state index contributed by atoms with van der Waals surface area (Å²) in [7, 11) is 0. The van der Waals surface area contributed by atoms with Crippen molar-refractivity contribution in [3.63, 3.8) is 0 Å². The quantitative estimate of drug-likeness (QED) is 0.385. The number of ether oxygens (including phenoxy) is 1. The van der Waals surface area contributed by atoms with E-state index in [2.05, 4.69) is 43.0 Å². The van der Waals surface area contributed by atoms with E-state index in [1.165, 1.54) is 11.1 Å². The largest absolute Gasteiger partial charge is 0.379 e. The Balaban J connectivity index is 1.48. The Morgan fingerprint density at radius 1 is 1.06 bits per heavy atom. The van der Waals surface area contributed by atoms with Crippen LogP contribution in [0.2, 0.25) is 0 Å². The average molecular weight is 460 g/mol. The maximum atomic E-state index is 13.9. The number of carbonyl (C=O) groups excluding carboxylic acids is 1. The molecule has 0 saturated carbocycles. The number of aromatic nitrogens is 1. The topological polar surface area (TPSA) is 45.7 Å². The van der Waals surface area contributed by atoms with E-state index in [-0.39, 0.29) is 5.91 Å². The Bertz CT molecular complexity index is 1250. The monoisotopic (exact) mass is 459 g/mol. The number of morpholine rings is 1. The fourth-order valence-electron chi connectivity index (χ4n) is 4.40. The molecule has 0 aliphatic carbocycles. The van der Waals surface area contributed by atoms with E-state index in [0.717, 1.165) is 71.0 Å². The zero-order valence-corrected chi connectivity index (χ0v) is 20.0. The lowest BCUT2D eigenvalue weighted by Gasteiger charge is -2.28. The second-order valence-electron chi connectivity index (χ2n) is 8.69. The highest BCUT2D eigenvalue weighted by Gasteiger charge is 2.23. The number of aryl methyl sites for hydroxylation is 2. The molecule has 0 bridgehead atoms. The number of amides is 1. The van der Waals surface area contributed by atoms with Crippen LogP contribution in [0.15, 0.2) is 54.6 Å². The summed E-state index contributed by atoms with van der Waals surface area (Å²) in [5.41, 5.74) is 4.16. The normalized spacial score (nSPS) is 14.7. The number of benzene rings is 3. The van der Waals surface area contributed by atoms with Crippen molar-refractivity contribution < 1.29 is 9.53 Å². The van der Waals surface area contributed by atoms with E-state index in [9.17, 15) is 4.79 Å². The van der Waals surface area contributed by atoms with Crippen LogP contribution in [0.5, 0.6) is 0 Å². The van der Waals surface area contributed by atoms with Gasteiger partial charge in [-0.1, -0.05) is 47.7 Å². The molecule has 33 heavy (non-hydrogen) atoms. The van der Waals surface area contributed by atoms with Crippen LogP contribution in [0.4, 0.5) is 5.13 Å². The molecule has 6 heteroatoms. The standard InChI is InChI=1S/C27H29N3O2S/c1-19-17-24-25(18-20(19)2)33-27(28-24)30(12-6-11-29-13-15-32-16-14-29)26(31)23-10-5-8-21-7-3-4-9-22(21)23/h3-5,7-10,17-18H,6,11-16H2,1-2H3. The van der Waals surface area contributed by atoms with Gasteiger partial charge >= 0.3 is 0 Å². The molecule has 5 nitrogen and oxygen atoms in total. The molecule has 1 aromatic heterocycles. The van der Waals surface area contributed by atoms with Crippen LogP contribution in [0.3, 0.4) is 0 Å². The predicted octanol–water partition coefficient (Wildman–Crippen LogP) is 5.44. The molecule has 0 atom stereocenters. The Labute approximate surface area is 198 Å². The van der Waals surface area contributed by atoms with Crippen molar-refractivity contribution >= 4 is 43.4 Å². The van der Waals surface area contributed by atoms with Crippen LogP contribution in [0.25, 0.3) is 21.0 Å². The maximum Gasteiger partial charge on any atom is 0.260 e. The Kier molecular flexibility index (Phi) is 6.40. The first-order valence-electron chi connectivity index (χ1n) is 11.6. The van der Waals surface area contributed by atoms with Gasteiger partial charge in [-0.05, 0) is 60.4 Å². The number of thiazole rings is 1. The minimum atomic E-state index is 0.0151. The zero-order valence-electron chi connectivity index (χ0n) is 19.2. The molecule has 5 rings (SSSR count).